The zero-order valence-electron chi connectivity index (χ0n) is 16.8. The van der Waals surface area contributed by atoms with Crippen LogP contribution in [0.15, 0.2) is 72.1 Å². The van der Waals surface area contributed by atoms with E-state index in [-0.39, 0.29) is 29.8 Å². The van der Waals surface area contributed by atoms with Gasteiger partial charge in [0.25, 0.3) is 0 Å². The molecule has 2 aromatic carbocycles. The Hall–Kier alpha value is -3.04. The van der Waals surface area contributed by atoms with Crippen LogP contribution >= 0.6 is 0 Å². The molecule has 31 heavy (non-hydrogen) atoms. The number of carbonyl (C=O) groups is 1. The minimum absolute atomic E-state index is 0.0657. The maximum Gasteiger partial charge on any atom is 0.243 e. The molecule has 0 aliphatic carbocycles. The molecule has 1 amide bonds. The van der Waals surface area contributed by atoms with E-state index >= 15 is 0 Å². The zero-order chi connectivity index (χ0) is 21.8. The maximum atomic E-state index is 13.1. The first kappa shape index (κ1) is 21.2. The molecule has 7 nitrogen and oxygen atoms in total. The summed E-state index contributed by atoms with van der Waals surface area (Å²) in [5.41, 5.74) is 1.97. The van der Waals surface area contributed by atoms with E-state index < -0.39 is 15.8 Å². The van der Waals surface area contributed by atoms with Gasteiger partial charge in [0.15, 0.2) is 0 Å². The fourth-order valence-corrected chi connectivity index (χ4v) is 5.11. The van der Waals surface area contributed by atoms with Crippen molar-refractivity contribution in [1.29, 1.82) is 0 Å². The first-order valence-corrected chi connectivity index (χ1v) is 11.5. The highest BCUT2D eigenvalue weighted by molar-refractivity contribution is 7.89. The van der Waals surface area contributed by atoms with Gasteiger partial charge < -0.3 is 9.88 Å². The smallest absolute Gasteiger partial charge is 0.243 e. The van der Waals surface area contributed by atoms with Crippen molar-refractivity contribution in [1.82, 2.24) is 19.2 Å². The molecule has 0 spiro atoms. The summed E-state index contributed by atoms with van der Waals surface area (Å²) in [7, 11) is -3.68. The van der Waals surface area contributed by atoms with Gasteiger partial charge in [-0.25, -0.2) is 17.8 Å². The normalized spacial score (nSPS) is 15.6. The van der Waals surface area contributed by atoms with Gasteiger partial charge in [0.05, 0.1) is 11.2 Å². The Morgan fingerprint density at radius 1 is 1.06 bits per heavy atom. The molecule has 1 saturated heterocycles. The van der Waals surface area contributed by atoms with E-state index in [1.165, 1.54) is 16.4 Å². The molecule has 4 rings (SSSR count). The number of halogens is 1. The van der Waals surface area contributed by atoms with Gasteiger partial charge in [0, 0.05) is 43.6 Å². The number of piperidine rings is 1. The number of benzene rings is 2. The van der Waals surface area contributed by atoms with E-state index in [1.807, 2.05) is 35.0 Å². The highest BCUT2D eigenvalue weighted by atomic mass is 32.2. The Morgan fingerprint density at radius 3 is 2.35 bits per heavy atom. The molecule has 0 bridgehead atoms. The van der Waals surface area contributed by atoms with Gasteiger partial charge in [-0.2, -0.15) is 4.31 Å². The third-order valence-corrected chi connectivity index (χ3v) is 7.39. The van der Waals surface area contributed by atoms with Crippen LogP contribution in [0.2, 0.25) is 0 Å². The van der Waals surface area contributed by atoms with E-state index in [4.69, 9.17) is 0 Å². The average Bonchev–Trinajstić information content (AvgIpc) is 3.33. The standard InChI is InChI=1S/C22H23FN4O3S/c23-19-3-7-21(8-4-19)31(29,30)27-12-9-18(10-13-27)22(28)25-15-17-1-5-20(6-2-17)26-14-11-24-16-26/h1-8,11,14,16,18H,9-10,12-13,15H2,(H,25,28). The van der Waals surface area contributed by atoms with Gasteiger partial charge in [-0.05, 0) is 54.8 Å². The van der Waals surface area contributed by atoms with Gasteiger partial charge in [-0.3, -0.25) is 4.79 Å². The fourth-order valence-electron chi connectivity index (χ4n) is 3.65. The molecule has 1 aromatic heterocycles. The van der Waals surface area contributed by atoms with Crippen molar-refractivity contribution in [2.75, 3.05) is 13.1 Å². The van der Waals surface area contributed by atoms with Gasteiger partial charge in [0.1, 0.15) is 5.82 Å². The second-order valence-corrected chi connectivity index (χ2v) is 9.42. The van der Waals surface area contributed by atoms with Crippen LogP contribution in [0.25, 0.3) is 5.69 Å². The highest BCUT2D eigenvalue weighted by Gasteiger charge is 2.32. The fraction of sp³-hybridized carbons (Fsp3) is 0.273. The van der Waals surface area contributed by atoms with Gasteiger partial charge in [0.2, 0.25) is 15.9 Å². The average molecular weight is 443 g/mol. The Kier molecular flexibility index (Phi) is 6.15. The summed E-state index contributed by atoms with van der Waals surface area (Å²) in [6.45, 7) is 0.936. The summed E-state index contributed by atoms with van der Waals surface area (Å²) in [5.74, 6) is -0.784. The molecule has 1 aliphatic rings. The van der Waals surface area contributed by atoms with Crippen LogP contribution in [0, 0.1) is 11.7 Å². The van der Waals surface area contributed by atoms with Crippen molar-refractivity contribution < 1.29 is 17.6 Å². The molecule has 2 heterocycles. The number of nitrogens with one attached hydrogen (secondary N) is 1. The third-order valence-electron chi connectivity index (χ3n) is 5.48. The summed E-state index contributed by atoms with van der Waals surface area (Å²) in [4.78, 5) is 16.6. The van der Waals surface area contributed by atoms with E-state index in [2.05, 4.69) is 10.3 Å². The first-order valence-electron chi connectivity index (χ1n) is 10.0. The Labute approximate surface area is 180 Å². The SMILES string of the molecule is O=C(NCc1ccc(-n2ccnc2)cc1)C1CCN(S(=O)(=O)c2ccc(F)cc2)CC1. The number of carbonyl (C=O) groups excluding carboxylic acids is 1. The molecule has 3 aromatic rings. The van der Waals surface area contributed by atoms with E-state index in [1.54, 1.807) is 12.5 Å². The van der Waals surface area contributed by atoms with Crippen molar-refractivity contribution in [2.24, 2.45) is 5.92 Å². The lowest BCUT2D eigenvalue weighted by atomic mass is 9.97. The monoisotopic (exact) mass is 442 g/mol. The van der Waals surface area contributed by atoms with Crippen LogP contribution in [0.1, 0.15) is 18.4 Å². The van der Waals surface area contributed by atoms with Gasteiger partial charge in [-0.1, -0.05) is 12.1 Å². The Bertz CT molecular complexity index is 1120. The number of hydrogen-bond acceptors (Lipinski definition) is 4. The van der Waals surface area contributed by atoms with E-state index in [9.17, 15) is 17.6 Å². The van der Waals surface area contributed by atoms with Crippen LogP contribution < -0.4 is 5.32 Å². The number of aromatic nitrogens is 2. The summed E-state index contributed by atoms with van der Waals surface area (Å²) < 4.78 is 41.7. The van der Waals surface area contributed by atoms with Crippen molar-refractivity contribution in [2.45, 2.75) is 24.3 Å². The van der Waals surface area contributed by atoms with E-state index in [0.717, 1.165) is 23.4 Å². The molecule has 162 valence electrons. The van der Waals surface area contributed by atoms with Gasteiger partial charge >= 0.3 is 0 Å². The molecule has 0 atom stereocenters. The predicted octanol–water partition coefficient (Wildman–Crippen LogP) is 2.73. The van der Waals surface area contributed by atoms with Crippen LogP contribution in [0.4, 0.5) is 4.39 Å². The highest BCUT2D eigenvalue weighted by Crippen LogP contribution is 2.24. The maximum absolute atomic E-state index is 13.1. The molecule has 9 heteroatoms. The number of hydrogen-bond donors (Lipinski definition) is 1. The summed E-state index contributed by atoms with van der Waals surface area (Å²) in [6, 6.07) is 12.6. The molecule has 1 N–H and O–H groups in total. The quantitative estimate of drug-likeness (QED) is 0.636. The third kappa shape index (κ3) is 4.83. The lowest BCUT2D eigenvalue weighted by molar-refractivity contribution is -0.126. The Morgan fingerprint density at radius 2 is 1.74 bits per heavy atom. The number of imidazole rings is 1. The van der Waals surface area contributed by atoms with Crippen LogP contribution in [-0.4, -0.2) is 41.3 Å². The number of nitrogens with zero attached hydrogens (tertiary/aromatic N) is 3. The van der Waals surface area contributed by atoms with Crippen LogP contribution in [0.5, 0.6) is 0 Å². The van der Waals surface area contributed by atoms with E-state index in [0.29, 0.717) is 19.4 Å². The summed E-state index contributed by atoms with van der Waals surface area (Å²) >= 11 is 0. The minimum atomic E-state index is -3.68. The molecular formula is C22H23FN4O3S. The molecule has 0 radical (unpaired) electrons. The van der Waals surface area contributed by atoms with Crippen molar-refractivity contribution in [3.8, 4) is 5.69 Å². The van der Waals surface area contributed by atoms with Crippen LogP contribution in [0.3, 0.4) is 0 Å². The number of rotatable bonds is 6. The molecule has 0 saturated carbocycles. The summed E-state index contributed by atoms with van der Waals surface area (Å²) in [6.07, 6.45) is 6.20. The largest absolute Gasteiger partial charge is 0.352 e. The zero-order valence-corrected chi connectivity index (χ0v) is 17.6. The lowest BCUT2D eigenvalue weighted by Gasteiger charge is -2.30. The van der Waals surface area contributed by atoms with Crippen LogP contribution in [-0.2, 0) is 21.4 Å². The number of amides is 1. The Balaban J connectivity index is 1.29. The second kappa shape index (κ2) is 8.99. The molecule has 0 unspecified atom stereocenters. The van der Waals surface area contributed by atoms with Crippen molar-refractivity contribution in [3.05, 3.63) is 78.6 Å². The minimum Gasteiger partial charge on any atom is -0.352 e. The summed E-state index contributed by atoms with van der Waals surface area (Å²) in [5, 5.41) is 2.95. The topological polar surface area (TPSA) is 84.3 Å². The molecule has 1 fully saturated rings. The second-order valence-electron chi connectivity index (χ2n) is 7.49. The van der Waals surface area contributed by atoms with Gasteiger partial charge in [-0.15, -0.1) is 0 Å². The lowest BCUT2D eigenvalue weighted by Crippen LogP contribution is -2.42. The predicted molar refractivity (Wildman–Crippen MR) is 113 cm³/mol. The molecule has 1 aliphatic heterocycles. The number of sulfonamides is 1. The van der Waals surface area contributed by atoms with Crippen molar-refractivity contribution in [3.63, 3.8) is 0 Å². The first-order chi connectivity index (χ1) is 14.9. The van der Waals surface area contributed by atoms with Crippen molar-refractivity contribution >= 4 is 15.9 Å². The molecular weight excluding hydrogens is 419 g/mol.